The Hall–Kier alpha value is -2.55. The normalized spacial score (nSPS) is 12.6. The lowest BCUT2D eigenvalue weighted by Gasteiger charge is -2.18. The van der Waals surface area contributed by atoms with Gasteiger partial charge in [-0.2, -0.15) is 0 Å². The Bertz CT molecular complexity index is 718. The Morgan fingerprint density at radius 3 is 1.62 bits per heavy atom. The lowest BCUT2D eigenvalue weighted by molar-refractivity contribution is -0.530. The molecular weight excluding hydrogens is 296 g/mol. The molecule has 3 heteroatoms. The van der Waals surface area contributed by atoms with Crippen LogP contribution in [-0.4, -0.2) is 30.6 Å². The molecule has 0 aliphatic rings. The average molecular weight is 322 g/mol. The van der Waals surface area contributed by atoms with Crippen molar-refractivity contribution < 1.29 is 4.74 Å². The molecule has 0 radical (unpaired) electrons. The summed E-state index contributed by atoms with van der Waals surface area (Å²) in [5.41, 5.74) is 3.95. The first-order chi connectivity index (χ1) is 11.3. The monoisotopic (exact) mass is 322 g/mol. The molecular formula is C21H26N2O. The van der Waals surface area contributed by atoms with Gasteiger partial charge in [0.2, 0.25) is 0 Å². The van der Waals surface area contributed by atoms with Crippen LogP contribution in [0.1, 0.15) is 37.5 Å². The number of hydroxylamine groups is 1. The molecule has 2 aromatic rings. The van der Waals surface area contributed by atoms with Crippen LogP contribution >= 0.6 is 0 Å². The predicted molar refractivity (Wildman–Crippen MR) is 105 cm³/mol. The largest absolute Gasteiger partial charge is 0.623 e. The molecule has 126 valence electrons. The molecule has 0 saturated carbocycles. The van der Waals surface area contributed by atoms with Crippen molar-refractivity contribution in [1.29, 1.82) is 0 Å². The zero-order valence-corrected chi connectivity index (χ0v) is 15.2. The molecule has 0 fully saturated rings. The van der Waals surface area contributed by atoms with E-state index in [1.54, 1.807) is 6.21 Å². The molecule has 0 atom stereocenters. The first kappa shape index (κ1) is 17.8. The average Bonchev–Trinajstić information content (AvgIpc) is 2.53. The molecule has 2 aromatic carbocycles. The van der Waals surface area contributed by atoms with Crippen molar-refractivity contribution in [2.75, 3.05) is 19.0 Å². The van der Waals surface area contributed by atoms with Crippen LogP contribution in [0.15, 0.2) is 48.5 Å². The Kier molecular flexibility index (Phi) is 5.45. The summed E-state index contributed by atoms with van der Waals surface area (Å²) in [6, 6.07) is 16.4. The van der Waals surface area contributed by atoms with Gasteiger partial charge in [0.1, 0.15) is 0 Å². The highest BCUT2D eigenvalue weighted by Crippen LogP contribution is 2.15. The molecule has 0 unspecified atom stereocenters. The quantitative estimate of drug-likeness (QED) is 0.269. The molecule has 0 saturated heterocycles. The van der Waals surface area contributed by atoms with Crippen molar-refractivity contribution in [1.82, 2.24) is 0 Å². The zero-order valence-electron chi connectivity index (χ0n) is 15.2. The van der Waals surface area contributed by atoms with E-state index in [4.69, 9.17) is 0 Å². The van der Waals surface area contributed by atoms with Crippen molar-refractivity contribution in [3.8, 4) is 0 Å². The second-order valence-electron chi connectivity index (χ2n) is 7.11. The maximum Gasteiger partial charge on any atom is 0.182 e. The molecule has 3 nitrogen and oxygen atoms in total. The summed E-state index contributed by atoms with van der Waals surface area (Å²) in [4.78, 5) is 2.08. The van der Waals surface area contributed by atoms with E-state index < -0.39 is 5.54 Å². The second kappa shape index (κ2) is 7.35. The highest BCUT2D eigenvalue weighted by Gasteiger charge is 2.17. The molecule has 24 heavy (non-hydrogen) atoms. The number of nitrogens with zero attached hydrogens (tertiary/aromatic N) is 2. The third-order valence-electron chi connectivity index (χ3n) is 3.74. The fraction of sp³-hybridized carbons (Fsp3) is 0.286. The Labute approximate surface area is 145 Å². The zero-order chi connectivity index (χ0) is 17.7. The minimum Gasteiger partial charge on any atom is -0.623 e. The highest BCUT2D eigenvalue weighted by atomic mass is 16.5. The fourth-order valence-electron chi connectivity index (χ4n) is 2.10. The van der Waals surface area contributed by atoms with Gasteiger partial charge in [0.05, 0.1) is 0 Å². The fourth-order valence-corrected chi connectivity index (χ4v) is 2.10. The van der Waals surface area contributed by atoms with Gasteiger partial charge >= 0.3 is 0 Å². The third kappa shape index (κ3) is 4.98. The molecule has 0 heterocycles. The van der Waals surface area contributed by atoms with Gasteiger partial charge in [0.25, 0.3) is 0 Å². The van der Waals surface area contributed by atoms with Crippen LogP contribution in [0.4, 0.5) is 5.69 Å². The second-order valence-corrected chi connectivity index (χ2v) is 7.11. The number of anilines is 1. The van der Waals surface area contributed by atoms with E-state index in [0.717, 1.165) is 21.4 Å². The van der Waals surface area contributed by atoms with Crippen LogP contribution in [-0.2, 0) is 0 Å². The van der Waals surface area contributed by atoms with Crippen LogP contribution in [0.25, 0.3) is 12.2 Å². The first-order valence-electron chi connectivity index (χ1n) is 8.12. The lowest BCUT2D eigenvalue weighted by Crippen LogP contribution is -2.29. The molecule has 0 spiro atoms. The van der Waals surface area contributed by atoms with Crippen LogP contribution in [0.5, 0.6) is 0 Å². The van der Waals surface area contributed by atoms with Crippen LogP contribution in [0.3, 0.4) is 0 Å². The number of hydrogen-bond donors (Lipinski definition) is 0. The number of benzene rings is 2. The van der Waals surface area contributed by atoms with E-state index in [9.17, 15) is 5.21 Å². The first-order valence-corrected chi connectivity index (χ1v) is 8.12. The van der Waals surface area contributed by atoms with Crippen molar-refractivity contribution in [3.63, 3.8) is 0 Å². The number of hydrogen-bond acceptors (Lipinski definition) is 2. The predicted octanol–water partition coefficient (Wildman–Crippen LogP) is 4.65. The van der Waals surface area contributed by atoms with Crippen LogP contribution < -0.4 is 4.90 Å². The summed E-state index contributed by atoms with van der Waals surface area (Å²) < 4.78 is 0.990. The summed E-state index contributed by atoms with van der Waals surface area (Å²) in [5, 5.41) is 11.9. The molecule has 0 bridgehead atoms. The van der Waals surface area contributed by atoms with Gasteiger partial charge in [-0.05, 0) is 35.4 Å². The summed E-state index contributed by atoms with van der Waals surface area (Å²) in [6.07, 6.45) is 5.80. The summed E-state index contributed by atoms with van der Waals surface area (Å²) in [6.45, 7) is 5.69. The Morgan fingerprint density at radius 2 is 1.21 bits per heavy atom. The van der Waals surface area contributed by atoms with Gasteiger partial charge in [-0.1, -0.05) is 36.4 Å². The summed E-state index contributed by atoms with van der Waals surface area (Å²) in [7, 11) is 4.07. The van der Waals surface area contributed by atoms with E-state index in [1.165, 1.54) is 5.69 Å². The topological polar surface area (TPSA) is 29.3 Å². The standard InChI is InChI=1S/C21H26N2O/c1-21(2,3)23(24)16-19-10-8-17(9-11-19)6-7-18-12-14-20(15-13-18)22(4)5/h6-16H,1-5H3/b7-6+,23-16-. The summed E-state index contributed by atoms with van der Waals surface area (Å²) in [5.74, 6) is 0. The van der Waals surface area contributed by atoms with E-state index in [1.807, 2.05) is 59.1 Å². The van der Waals surface area contributed by atoms with E-state index in [-0.39, 0.29) is 0 Å². The minimum atomic E-state index is -0.419. The molecule has 2 rings (SSSR count). The van der Waals surface area contributed by atoms with Crippen LogP contribution in [0, 0.1) is 5.21 Å². The van der Waals surface area contributed by atoms with Crippen molar-refractivity contribution in [3.05, 3.63) is 70.4 Å². The highest BCUT2D eigenvalue weighted by molar-refractivity contribution is 5.77. The third-order valence-corrected chi connectivity index (χ3v) is 3.74. The van der Waals surface area contributed by atoms with Gasteiger partial charge in [-0.3, -0.25) is 0 Å². The van der Waals surface area contributed by atoms with Gasteiger partial charge in [-0.25, -0.2) is 4.74 Å². The van der Waals surface area contributed by atoms with E-state index in [0.29, 0.717) is 0 Å². The molecule has 0 aliphatic carbocycles. The summed E-state index contributed by atoms with van der Waals surface area (Å²) >= 11 is 0. The van der Waals surface area contributed by atoms with Crippen molar-refractivity contribution in [2.45, 2.75) is 26.3 Å². The lowest BCUT2D eigenvalue weighted by atomic mass is 10.1. The van der Waals surface area contributed by atoms with Crippen molar-refractivity contribution in [2.24, 2.45) is 0 Å². The Morgan fingerprint density at radius 1 is 0.792 bits per heavy atom. The maximum atomic E-state index is 11.9. The van der Waals surface area contributed by atoms with E-state index >= 15 is 0 Å². The van der Waals surface area contributed by atoms with Crippen molar-refractivity contribution >= 4 is 24.1 Å². The van der Waals surface area contributed by atoms with Gasteiger partial charge in [-0.15, -0.1) is 0 Å². The smallest absolute Gasteiger partial charge is 0.182 e. The molecule has 0 aliphatic heterocycles. The van der Waals surface area contributed by atoms with Gasteiger partial charge < -0.3 is 10.1 Å². The van der Waals surface area contributed by atoms with E-state index in [2.05, 4.69) is 41.3 Å². The maximum absolute atomic E-state index is 11.9. The van der Waals surface area contributed by atoms with Crippen LogP contribution in [0.2, 0.25) is 0 Å². The molecule has 0 N–H and O–H groups in total. The van der Waals surface area contributed by atoms with Gasteiger partial charge in [0, 0.05) is 46.1 Å². The molecule has 0 aromatic heterocycles. The molecule has 0 amide bonds. The Balaban J connectivity index is 2.08. The van der Waals surface area contributed by atoms with Gasteiger partial charge in [0.15, 0.2) is 11.8 Å². The minimum absolute atomic E-state index is 0.419. The number of rotatable bonds is 4. The SMILES string of the molecule is CN(C)c1ccc(/C=C/c2ccc(/C=[N+](\[O-])C(C)(C)C)cc2)cc1.